The Morgan fingerprint density at radius 1 is 1.38 bits per heavy atom. The summed E-state index contributed by atoms with van der Waals surface area (Å²) in [5, 5.41) is 0. The van der Waals surface area contributed by atoms with Gasteiger partial charge in [-0.15, -0.1) is 0 Å². The molecule has 0 radical (unpaired) electrons. The van der Waals surface area contributed by atoms with Crippen LogP contribution >= 0.6 is 0 Å². The van der Waals surface area contributed by atoms with Crippen LogP contribution in [0.2, 0.25) is 0 Å². The molecule has 2 N–H and O–H groups in total. The van der Waals surface area contributed by atoms with E-state index >= 15 is 0 Å². The van der Waals surface area contributed by atoms with E-state index in [0.29, 0.717) is 5.84 Å². The Morgan fingerprint density at radius 3 is 2.54 bits per heavy atom. The summed E-state index contributed by atoms with van der Waals surface area (Å²) >= 11 is 0. The molecule has 0 aromatic heterocycles. The smallest absolute Gasteiger partial charge is 0.244 e. The number of amides is 1. The van der Waals surface area contributed by atoms with Crippen molar-refractivity contribution >= 4 is 11.7 Å². The maximum Gasteiger partial charge on any atom is 0.244 e. The molecule has 1 heterocycles. The molecular weight excluding hydrogens is 166 g/mol. The number of likely N-dealkylation sites (tertiary alicyclic amines) is 1. The van der Waals surface area contributed by atoms with Gasteiger partial charge in [0, 0.05) is 13.1 Å². The number of hydrogen-bond donors (Lipinski definition) is 1. The highest BCUT2D eigenvalue weighted by Crippen LogP contribution is 2.08. The van der Waals surface area contributed by atoms with Crippen molar-refractivity contribution in [3.63, 3.8) is 0 Å². The molecule has 0 saturated carbocycles. The second kappa shape index (κ2) is 4.84. The summed E-state index contributed by atoms with van der Waals surface area (Å²) in [5.74, 6) is 0.579. The van der Waals surface area contributed by atoms with Crippen LogP contribution in [0.4, 0.5) is 0 Å². The molecule has 0 unspecified atom stereocenters. The molecule has 0 aromatic carbocycles. The number of amidine groups is 1. The normalized spacial score (nSPS) is 18.8. The fourth-order valence-corrected chi connectivity index (χ4v) is 1.44. The molecule has 0 bridgehead atoms. The average molecular weight is 183 g/mol. The average Bonchev–Trinajstić information content (AvgIpc) is 2.15. The molecule has 1 amide bonds. The fourth-order valence-electron chi connectivity index (χ4n) is 1.44. The topological polar surface area (TPSA) is 58.7 Å². The summed E-state index contributed by atoms with van der Waals surface area (Å²) < 4.78 is 0. The van der Waals surface area contributed by atoms with Gasteiger partial charge in [0.05, 0.1) is 5.84 Å². The number of hydrogen-bond acceptors (Lipinski definition) is 2. The molecule has 1 saturated heterocycles. The maximum absolute atomic E-state index is 11.5. The van der Waals surface area contributed by atoms with Crippen molar-refractivity contribution in [3.05, 3.63) is 0 Å². The van der Waals surface area contributed by atoms with Crippen LogP contribution in [0.15, 0.2) is 4.99 Å². The highest BCUT2D eigenvalue weighted by Gasteiger charge is 2.15. The lowest BCUT2D eigenvalue weighted by Gasteiger charge is -2.25. The Hall–Kier alpha value is -1.06. The van der Waals surface area contributed by atoms with Crippen LogP contribution in [0, 0.1) is 0 Å². The molecule has 1 rings (SSSR count). The molecule has 4 heteroatoms. The molecule has 0 atom stereocenters. The second-order valence-electron chi connectivity index (χ2n) is 3.40. The van der Waals surface area contributed by atoms with Crippen LogP contribution in [0.5, 0.6) is 0 Å². The van der Waals surface area contributed by atoms with Crippen LogP contribution in [0.3, 0.4) is 0 Å². The van der Waals surface area contributed by atoms with Crippen molar-refractivity contribution in [2.24, 2.45) is 10.7 Å². The van der Waals surface area contributed by atoms with E-state index in [-0.39, 0.29) is 12.5 Å². The van der Waals surface area contributed by atoms with E-state index in [0.717, 1.165) is 25.9 Å². The molecule has 4 nitrogen and oxygen atoms in total. The molecule has 13 heavy (non-hydrogen) atoms. The van der Waals surface area contributed by atoms with Crippen molar-refractivity contribution in [2.45, 2.75) is 26.2 Å². The van der Waals surface area contributed by atoms with Crippen LogP contribution in [0.1, 0.15) is 26.2 Å². The van der Waals surface area contributed by atoms with E-state index in [2.05, 4.69) is 4.99 Å². The minimum absolute atomic E-state index is 0.101. The minimum atomic E-state index is 0.101. The first-order chi connectivity index (χ1) is 6.20. The predicted octanol–water partition coefficient (Wildman–Crippen LogP) is 0.376. The third-order valence-corrected chi connectivity index (χ3v) is 2.17. The largest absolute Gasteiger partial charge is 0.388 e. The molecule has 0 aromatic rings. The van der Waals surface area contributed by atoms with Crippen molar-refractivity contribution < 1.29 is 4.79 Å². The molecule has 1 aliphatic rings. The zero-order chi connectivity index (χ0) is 9.68. The van der Waals surface area contributed by atoms with Gasteiger partial charge in [-0.2, -0.15) is 0 Å². The van der Waals surface area contributed by atoms with Crippen molar-refractivity contribution in [1.29, 1.82) is 0 Å². The van der Waals surface area contributed by atoms with Gasteiger partial charge in [0.25, 0.3) is 0 Å². The van der Waals surface area contributed by atoms with Crippen molar-refractivity contribution in [2.75, 3.05) is 19.6 Å². The quantitative estimate of drug-likeness (QED) is 0.497. The third kappa shape index (κ3) is 3.44. The van der Waals surface area contributed by atoms with Crippen molar-refractivity contribution in [1.82, 2.24) is 4.90 Å². The van der Waals surface area contributed by atoms with E-state index < -0.39 is 0 Å². The lowest BCUT2D eigenvalue weighted by atomic mass is 10.1. The predicted molar refractivity (Wildman–Crippen MR) is 52.6 cm³/mol. The number of aliphatic imine (C=N–C) groups is 1. The SMILES string of the molecule is CC(N)=NCC(=O)N1CCCCC1. The molecular formula is C9H17N3O. The number of carbonyl (C=O) groups is 1. The zero-order valence-corrected chi connectivity index (χ0v) is 8.12. The van der Waals surface area contributed by atoms with Crippen LogP contribution < -0.4 is 5.73 Å². The summed E-state index contributed by atoms with van der Waals surface area (Å²) in [6.07, 6.45) is 3.48. The van der Waals surface area contributed by atoms with Gasteiger partial charge >= 0.3 is 0 Å². The van der Waals surface area contributed by atoms with Gasteiger partial charge in [-0.25, -0.2) is 0 Å². The van der Waals surface area contributed by atoms with Gasteiger partial charge in [-0.1, -0.05) is 0 Å². The molecule has 1 aliphatic heterocycles. The molecule has 0 aliphatic carbocycles. The van der Waals surface area contributed by atoms with E-state index in [9.17, 15) is 4.79 Å². The fraction of sp³-hybridized carbons (Fsp3) is 0.778. The lowest BCUT2D eigenvalue weighted by Crippen LogP contribution is -2.37. The number of nitrogens with two attached hydrogens (primary N) is 1. The van der Waals surface area contributed by atoms with Gasteiger partial charge in [-0.05, 0) is 26.2 Å². The number of rotatable bonds is 2. The zero-order valence-electron chi connectivity index (χ0n) is 8.12. The number of carbonyl (C=O) groups excluding carboxylic acids is 1. The Balaban J connectivity index is 2.33. The third-order valence-electron chi connectivity index (χ3n) is 2.17. The van der Waals surface area contributed by atoms with Gasteiger partial charge in [0.2, 0.25) is 5.91 Å². The first-order valence-electron chi connectivity index (χ1n) is 4.74. The van der Waals surface area contributed by atoms with Gasteiger partial charge in [-0.3, -0.25) is 9.79 Å². The Bertz CT molecular complexity index is 203. The first-order valence-corrected chi connectivity index (χ1v) is 4.74. The van der Waals surface area contributed by atoms with Crippen LogP contribution in [-0.2, 0) is 4.79 Å². The van der Waals surface area contributed by atoms with Crippen LogP contribution in [-0.4, -0.2) is 36.3 Å². The molecule has 74 valence electrons. The summed E-state index contributed by atoms with van der Waals surface area (Å²) in [5.41, 5.74) is 5.35. The monoisotopic (exact) mass is 183 g/mol. The molecule has 1 fully saturated rings. The standard InChI is InChI=1S/C9H17N3O/c1-8(10)11-7-9(13)12-5-3-2-4-6-12/h2-7H2,1H3,(H2,10,11). The Kier molecular flexibility index (Phi) is 3.73. The van der Waals surface area contributed by atoms with Gasteiger partial charge < -0.3 is 10.6 Å². The summed E-state index contributed by atoms with van der Waals surface area (Å²) in [6.45, 7) is 3.68. The summed E-state index contributed by atoms with van der Waals surface area (Å²) in [6, 6.07) is 0. The van der Waals surface area contributed by atoms with Gasteiger partial charge in [0.1, 0.15) is 6.54 Å². The highest BCUT2D eigenvalue weighted by molar-refractivity contribution is 5.83. The number of piperidine rings is 1. The number of nitrogens with zero attached hydrogens (tertiary/aromatic N) is 2. The van der Waals surface area contributed by atoms with Crippen LogP contribution in [0.25, 0.3) is 0 Å². The first kappa shape index (κ1) is 10.0. The highest BCUT2D eigenvalue weighted by atomic mass is 16.2. The van der Waals surface area contributed by atoms with E-state index in [1.165, 1.54) is 6.42 Å². The maximum atomic E-state index is 11.5. The van der Waals surface area contributed by atoms with E-state index in [1.54, 1.807) is 6.92 Å². The summed E-state index contributed by atoms with van der Waals surface area (Å²) in [4.78, 5) is 17.2. The molecule has 0 spiro atoms. The lowest BCUT2D eigenvalue weighted by molar-refractivity contribution is -0.130. The minimum Gasteiger partial charge on any atom is -0.388 e. The summed E-state index contributed by atoms with van der Waals surface area (Å²) in [7, 11) is 0. The Labute approximate surface area is 78.8 Å². The van der Waals surface area contributed by atoms with E-state index in [1.807, 2.05) is 4.90 Å². The van der Waals surface area contributed by atoms with Gasteiger partial charge in [0.15, 0.2) is 0 Å². The van der Waals surface area contributed by atoms with E-state index in [4.69, 9.17) is 5.73 Å². The van der Waals surface area contributed by atoms with Crippen molar-refractivity contribution in [3.8, 4) is 0 Å². The second-order valence-corrected chi connectivity index (χ2v) is 3.40. The Morgan fingerprint density at radius 2 is 2.00 bits per heavy atom.